The maximum Gasteiger partial charge on any atom is 0.109 e. The Labute approximate surface area is 115 Å². The lowest BCUT2D eigenvalue weighted by Gasteiger charge is -2.61. The summed E-state index contributed by atoms with van der Waals surface area (Å²) in [4.78, 5) is 4.37. The number of rotatable bonds is 6. The summed E-state index contributed by atoms with van der Waals surface area (Å²) in [5.41, 5.74) is 0.470. The normalized spacial score (nSPS) is 28.1. The zero-order valence-corrected chi connectivity index (χ0v) is 12.1. The summed E-state index contributed by atoms with van der Waals surface area (Å²) >= 11 is 0. The quantitative estimate of drug-likeness (QED) is 0.852. The number of ether oxygens (including phenoxy) is 1. The molecule has 3 rings (SSSR count). The van der Waals surface area contributed by atoms with E-state index in [1.165, 1.54) is 25.7 Å². The van der Waals surface area contributed by atoms with Gasteiger partial charge in [0, 0.05) is 50.5 Å². The van der Waals surface area contributed by atoms with Crippen molar-refractivity contribution in [2.24, 2.45) is 12.5 Å². The highest BCUT2D eigenvalue weighted by Gasteiger charge is 2.58. The van der Waals surface area contributed by atoms with E-state index in [4.69, 9.17) is 4.74 Å². The van der Waals surface area contributed by atoms with Gasteiger partial charge in [-0.25, -0.2) is 4.98 Å². The van der Waals surface area contributed by atoms with Crippen LogP contribution in [0.2, 0.25) is 0 Å². The fourth-order valence-electron chi connectivity index (χ4n) is 3.72. The van der Waals surface area contributed by atoms with E-state index in [1.54, 1.807) is 0 Å². The molecule has 4 heteroatoms. The third-order valence-electron chi connectivity index (χ3n) is 5.10. The number of aromatic nitrogens is 2. The summed E-state index contributed by atoms with van der Waals surface area (Å²) in [6.07, 6.45) is 10.7. The lowest BCUT2D eigenvalue weighted by molar-refractivity contribution is -0.172. The molecule has 2 aliphatic carbocycles. The minimum absolute atomic E-state index is 0.470. The van der Waals surface area contributed by atoms with Crippen molar-refractivity contribution in [3.63, 3.8) is 0 Å². The molecule has 0 bridgehead atoms. The minimum atomic E-state index is 0.470. The molecule has 1 heterocycles. The largest absolute Gasteiger partial charge is 0.378 e. The van der Waals surface area contributed by atoms with Crippen LogP contribution in [-0.4, -0.2) is 34.8 Å². The molecule has 0 saturated heterocycles. The molecule has 2 aliphatic rings. The molecule has 2 unspecified atom stereocenters. The highest BCUT2D eigenvalue weighted by molar-refractivity contribution is 5.12. The van der Waals surface area contributed by atoms with Crippen LogP contribution in [0.25, 0.3) is 0 Å². The number of hydrogen-bond acceptors (Lipinski definition) is 3. The number of imidazole rings is 1. The van der Waals surface area contributed by atoms with Crippen molar-refractivity contribution in [2.45, 2.75) is 51.2 Å². The third-order valence-corrected chi connectivity index (χ3v) is 5.10. The van der Waals surface area contributed by atoms with E-state index in [2.05, 4.69) is 28.8 Å². The third kappa shape index (κ3) is 2.21. The number of nitrogens with zero attached hydrogens (tertiary/aromatic N) is 2. The highest BCUT2D eigenvalue weighted by Crippen LogP contribution is 2.57. The molecule has 2 atom stereocenters. The second-order valence-corrected chi connectivity index (χ2v) is 5.98. The average molecular weight is 263 g/mol. The van der Waals surface area contributed by atoms with Crippen molar-refractivity contribution in [1.82, 2.24) is 14.9 Å². The van der Waals surface area contributed by atoms with E-state index in [1.807, 2.05) is 12.4 Å². The Balaban J connectivity index is 1.48. The fraction of sp³-hybridized carbons (Fsp3) is 0.800. The maximum absolute atomic E-state index is 5.88. The molecule has 0 radical (unpaired) electrons. The van der Waals surface area contributed by atoms with Crippen molar-refractivity contribution in [3.8, 4) is 0 Å². The van der Waals surface area contributed by atoms with Gasteiger partial charge in [-0.2, -0.15) is 0 Å². The fourth-order valence-corrected chi connectivity index (χ4v) is 3.72. The van der Waals surface area contributed by atoms with E-state index in [0.29, 0.717) is 17.6 Å². The molecule has 19 heavy (non-hydrogen) atoms. The lowest BCUT2D eigenvalue weighted by Crippen LogP contribution is -2.67. The van der Waals surface area contributed by atoms with Crippen LogP contribution in [0.1, 0.15) is 38.4 Å². The molecule has 4 nitrogen and oxygen atoms in total. The molecule has 106 valence electrons. The van der Waals surface area contributed by atoms with E-state index in [9.17, 15) is 0 Å². The summed E-state index contributed by atoms with van der Waals surface area (Å²) in [5.74, 6) is 1.16. The molecule has 1 aromatic heterocycles. The highest BCUT2D eigenvalue weighted by atomic mass is 16.5. The molecule has 1 N–H and O–H groups in total. The molecule has 0 amide bonds. The topological polar surface area (TPSA) is 39.1 Å². The first-order valence-electron chi connectivity index (χ1n) is 7.57. The number of nitrogens with one attached hydrogen (secondary N) is 1. The summed E-state index contributed by atoms with van der Waals surface area (Å²) in [6.45, 7) is 3.98. The first-order valence-corrected chi connectivity index (χ1v) is 7.57. The van der Waals surface area contributed by atoms with Gasteiger partial charge in [0.1, 0.15) is 5.82 Å². The van der Waals surface area contributed by atoms with Crippen LogP contribution < -0.4 is 5.32 Å². The average Bonchev–Trinajstić information content (AvgIpc) is 2.70. The summed E-state index contributed by atoms with van der Waals surface area (Å²) < 4.78 is 7.98. The predicted molar refractivity (Wildman–Crippen MR) is 75.0 cm³/mol. The van der Waals surface area contributed by atoms with Gasteiger partial charge in [-0.05, 0) is 26.2 Å². The molecule has 1 aromatic rings. The van der Waals surface area contributed by atoms with Gasteiger partial charge in [-0.15, -0.1) is 0 Å². The first-order chi connectivity index (χ1) is 9.26. The number of hydrogen-bond donors (Lipinski definition) is 1. The maximum atomic E-state index is 5.88. The molecular weight excluding hydrogens is 238 g/mol. The van der Waals surface area contributed by atoms with Gasteiger partial charge in [0.15, 0.2) is 0 Å². The summed E-state index contributed by atoms with van der Waals surface area (Å²) in [5, 5.41) is 3.73. The zero-order chi connectivity index (χ0) is 13.3. The van der Waals surface area contributed by atoms with Crippen molar-refractivity contribution >= 4 is 0 Å². The second kappa shape index (κ2) is 5.25. The van der Waals surface area contributed by atoms with E-state index in [-0.39, 0.29) is 0 Å². The monoisotopic (exact) mass is 263 g/mol. The molecule has 0 aromatic carbocycles. The zero-order valence-electron chi connectivity index (χ0n) is 12.1. The van der Waals surface area contributed by atoms with Gasteiger partial charge >= 0.3 is 0 Å². The van der Waals surface area contributed by atoms with E-state index < -0.39 is 0 Å². The van der Waals surface area contributed by atoms with Crippen molar-refractivity contribution in [3.05, 3.63) is 18.2 Å². The van der Waals surface area contributed by atoms with Gasteiger partial charge in [0.25, 0.3) is 0 Å². The summed E-state index contributed by atoms with van der Waals surface area (Å²) in [7, 11) is 2.06. The van der Waals surface area contributed by atoms with Crippen LogP contribution in [-0.2, 0) is 18.2 Å². The van der Waals surface area contributed by atoms with Gasteiger partial charge in [-0.1, -0.05) is 6.42 Å². The van der Waals surface area contributed by atoms with Gasteiger partial charge in [-0.3, -0.25) is 0 Å². The molecule has 2 fully saturated rings. The van der Waals surface area contributed by atoms with Crippen molar-refractivity contribution < 1.29 is 4.74 Å². The minimum Gasteiger partial charge on any atom is -0.378 e. The Morgan fingerprint density at radius 3 is 2.95 bits per heavy atom. The van der Waals surface area contributed by atoms with Crippen LogP contribution >= 0.6 is 0 Å². The van der Waals surface area contributed by atoms with E-state index in [0.717, 1.165) is 25.4 Å². The Hall–Kier alpha value is -0.870. The molecular formula is C15H25N3O. The Bertz CT molecular complexity index is 425. The SMILES string of the molecule is CCOC1CC(NCCc2nccn2C)C12CCC2. The van der Waals surface area contributed by atoms with Crippen molar-refractivity contribution in [2.75, 3.05) is 13.2 Å². The van der Waals surface area contributed by atoms with Crippen LogP contribution in [0, 0.1) is 5.41 Å². The first kappa shape index (κ1) is 13.1. The van der Waals surface area contributed by atoms with Crippen molar-refractivity contribution in [1.29, 1.82) is 0 Å². The van der Waals surface area contributed by atoms with Gasteiger partial charge < -0.3 is 14.6 Å². The van der Waals surface area contributed by atoms with E-state index >= 15 is 0 Å². The molecule has 1 spiro atoms. The van der Waals surface area contributed by atoms with Crippen LogP contribution in [0.4, 0.5) is 0 Å². The van der Waals surface area contributed by atoms with Gasteiger partial charge in [0.05, 0.1) is 6.10 Å². The summed E-state index contributed by atoms with van der Waals surface area (Å²) in [6, 6.07) is 0.665. The molecule has 0 aliphatic heterocycles. The predicted octanol–water partition coefficient (Wildman–Crippen LogP) is 1.90. The Morgan fingerprint density at radius 2 is 2.37 bits per heavy atom. The Kier molecular flexibility index (Phi) is 3.63. The van der Waals surface area contributed by atoms with Crippen LogP contribution in [0.15, 0.2) is 12.4 Å². The Morgan fingerprint density at radius 1 is 1.53 bits per heavy atom. The van der Waals surface area contributed by atoms with Crippen LogP contribution in [0.5, 0.6) is 0 Å². The number of aryl methyl sites for hydroxylation is 1. The van der Waals surface area contributed by atoms with Gasteiger partial charge in [0.2, 0.25) is 0 Å². The second-order valence-electron chi connectivity index (χ2n) is 5.98. The van der Waals surface area contributed by atoms with Crippen LogP contribution in [0.3, 0.4) is 0 Å². The standard InChI is InChI=1S/C15H25N3O/c1-3-19-13-11-12(15(13)6-4-7-15)16-8-5-14-17-9-10-18(14)2/h9-10,12-13,16H,3-8,11H2,1-2H3. The lowest BCUT2D eigenvalue weighted by atomic mass is 9.51. The smallest absolute Gasteiger partial charge is 0.109 e. The molecule has 2 saturated carbocycles.